The number of nitrogens with zero attached hydrogens (tertiary/aromatic N) is 3. The maximum Gasteiger partial charge on any atom is 0.237 e. The van der Waals surface area contributed by atoms with E-state index in [9.17, 15) is 9.59 Å². The topological polar surface area (TPSA) is 76.9 Å². The van der Waals surface area contributed by atoms with E-state index >= 15 is 0 Å². The third kappa shape index (κ3) is 4.02. The fourth-order valence-electron chi connectivity index (χ4n) is 2.86. The van der Waals surface area contributed by atoms with Gasteiger partial charge in [-0.1, -0.05) is 30.0 Å². The van der Waals surface area contributed by atoms with Crippen LogP contribution in [0, 0.1) is 0 Å². The molecule has 1 N–H and O–H groups in total. The molecule has 0 aliphatic heterocycles. The second-order valence-electron chi connectivity index (χ2n) is 6.77. The van der Waals surface area contributed by atoms with Gasteiger partial charge in [0.2, 0.25) is 5.91 Å². The largest absolute Gasteiger partial charge is 0.325 e. The Morgan fingerprint density at radius 1 is 1.25 bits per heavy atom. The molecular formula is C20H20N4O2S2. The summed E-state index contributed by atoms with van der Waals surface area (Å²) in [5, 5.41) is 14.1. The zero-order chi connectivity index (χ0) is 19.7. The minimum Gasteiger partial charge on any atom is -0.325 e. The molecule has 3 aromatic rings. The van der Waals surface area contributed by atoms with Gasteiger partial charge in [-0.25, -0.2) is 0 Å². The Morgan fingerprint density at radius 3 is 2.75 bits per heavy atom. The molecule has 1 atom stereocenters. The Bertz CT molecular complexity index is 1010. The van der Waals surface area contributed by atoms with Gasteiger partial charge in [0.1, 0.15) is 0 Å². The van der Waals surface area contributed by atoms with Crippen molar-refractivity contribution in [3.63, 3.8) is 0 Å². The number of amides is 1. The number of rotatable bonds is 7. The van der Waals surface area contributed by atoms with Crippen LogP contribution in [0.2, 0.25) is 0 Å². The molecule has 28 heavy (non-hydrogen) atoms. The quantitative estimate of drug-likeness (QED) is 0.451. The number of nitrogens with one attached hydrogen (secondary N) is 1. The van der Waals surface area contributed by atoms with Crippen LogP contribution in [0.4, 0.5) is 5.69 Å². The summed E-state index contributed by atoms with van der Waals surface area (Å²) in [5.74, 6) is 0.715. The number of carbonyl (C=O) groups is 2. The van der Waals surface area contributed by atoms with Crippen molar-refractivity contribution in [2.45, 2.75) is 43.1 Å². The Morgan fingerprint density at radius 2 is 2.07 bits per heavy atom. The van der Waals surface area contributed by atoms with E-state index in [0.717, 1.165) is 28.7 Å². The Labute approximate surface area is 171 Å². The molecule has 2 aromatic heterocycles. The van der Waals surface area contributed by atoms with Crippen LogP contribution in [0.15, 0.2) is 46.9 Å². The lowest BCUT2D eigenvalue weighted by Crippen LogP contribution is -2.23. The summed E-state index contributed by atoms with van der Waals surface area (Å²) in [4.78, 5) is 25.3. The third-order valence-corrected chi connectivity index (χ3v) is 6.43. The average Bonchev–Trinajstić information content (AvgIpc) is 3.20. The molecule has 1 unspecified atom stereocenters. The summed E-state index contributed by atoms with van der Waals surface area (Å²) in [7, 11) is 0. The van der Waals surface area contributed by atoms with E-state index in [4.69, 9.17) is 0 Å². The Hall–Kier alpha value is -2.45. The van der Waals surface area contributed by atoms with Gasteiger partial charge in [-0.2, -0.15) is 0 Å². The first-order valence-corrected chi connectivity index (χ1v) is 10.9. The molecular weight excluding hydrogens is 392 g/mol. The molecule has 2 heterocycles. The summed E-state index contributed by atoms with van der Waals surface area (Å²) >= 11 is 3.05. The fraction of sp³-hybridized carbons (Fsp3) is 0.300. The molecule has 1 amide bonds. The highest BCUT2D eigenvalue weighted by molar-refractivity contribution is 8.00. The van der Waals surface area contributed by atoms with Crippen LogP contribution < -0.4 is 5.32 Å². The summed E-state index contributed by atoms with van der Waals surface area (Å²) in [5.41, 5.74) is 1.19. The number of anilines is 1. The highest BCUT2D eigenvalue weighted by Gasteiger charge is 2.31. The van der Waals surface area contributed by atoms with Crippen LogP contribution in [0.5, 0.6) is 0 Å². The second-order valence-corrected chi connectivity index (χ2v) is 9.03. The van der Waals surface area contributed by atoms with Crippen LogP contribution in [-0.2, 0) is 4.79 Å². The van der Waals surface area contributed by atoms with E-state index in [-0.39, 0.29) is 16.9 Å². The first-order valence-electron chi connectivity index (χ1n) is 9.10. The molecule has 0 bridgehead atoms. The molecule has 1 aliphatic rings. The fourth-order valence-corrected chi connectivity index (χ4v) is 4.49. The van der Waals surface area contributed by atoms with Gasteiger partial charge in [-0.15, -0.1) is 21.5 Å². The number of ketones is 1. The zero-order valence-electron chi connectivity index (χ0n) is 15.6. The normalized spacial score (nSPS) is 14.6. The predicted molar refractivity (Wildman–Crippen MR) is 112 cm³/mol. The van der Waals surface area contributed by atoms with Crippen molar-refractivity contribution >= 4 is 40.5 Å². The standard InChI is InChI=1S/C20H20N4O2S2/c1-12(25)14-5-3-6-15(11-14)21-19(26)13(2)28-20-23-22-18(17-7-4-10-27-17)24(20)16-8-9-16/h3-7,10-11,13,16H,8-9H2,1-2H3,(H,21,26). The molecule has 1 saturated carbocycles. The van der Waals surface area contributed by atoms with Crippen LogP contribution in [0.25, 0.3) is 10.7 Å². The smallest absolute Gasteiger partial charge is 0.237 e. The molecule has 4 rings (SSSR count). The van der Waals surface area contributed by atoms with E-state index in [1.54, 1.807) is 35.6 Å². The number of benzene rings is 1. The van der Waals surface area contributed by atoms with Gasteiger partial charge in [-0.05, 0) is 50.3 Å². The molecule has 144 valence electrons. The molecule has 1 fully saturated rings. The van der Waals surface area contributed by atoms with Crippen molar-refractivity contribution in [2.24, 2.45) is 0 Å². The Balaban J connectivity index is 1.49. The maximum absolute atomic E-state index is 12.7. The van der Waals surface area contributed by atoms with Gasteiger partial charge >= 0.3 is 0 Å². The van der Waals surface area contributed by atoms with Crippen molar-refractivity contribution in [2.75, 3.05) is 5.32 Å². The summed E-state index contributed by atoms with van der Waals surface area (Å²) in [6.45, 7) is 3.36. The minimum absolute atomic E-state index is 0.0304. The van der Waals surface area contributed by atoms with Crippen LogP contribution in [0.3, 0.4) is 0 Å². The predicted octanol–water partition coefficient (Wildman–Crippen LogP) is 4.66. The highest BCUT2D eigenvalue weighted by Crippen LogP contribution is 2.42. The minimum atomic E-state index is -0.348. The SMILES string of the molecule is CC(=O)c1cccc(NC(=O)C(C)Sc2nnc(-c3cccs3)n2C2CC2)c1. The number of Topliss-reactive ketones (excluding diaryl/α,β-unsaturated/α-hetero) is 1. The van der Waals surface area contributed by atoms with Crippen molar-refractivity contribution in [1.29, 1.82) is 0 Å². The zero-order valence-corrected chi connectivity index (χ0v) is 17.2. The number of hydrogen-bond donors (Lipinski definition) is 1. The lowest BCUT2D eigenvalue weighted by atomic mass is 10.1. The van der Waals surface area contributed by atoms with Gasteiger partial charge in [0.25, 0.3) is 0 Å². The van der Waals surface area contributed by atoms with Gasteiger partial charge in [0.05, 0.1) is 10.1 Å². The second kappa shape index (κ2) is 7.89. The maximum atomic E-state index is 12.7. The molecule has 8 heteroatoms. The van der Waals surface area contributed by atoms with E-state index < -0.39 is 0 Å². The van der Waals surface area contributed by atoms with Gasteiger partial charge in [-0.3, -0.25) is 14.2 Å². The number of aromatic nitrogens is 3. The molecule has 0 spiro atoms. The van der Waals surface area contributed by atoms with Crippen LogP contribution >= 0.6 is 23.1 Å². The highest BCUT2D eigenvalue weighted by atomic mass is 32.2. The molecule has 1 aliphatic carbocycles. The van der Waals surface area contributed by atoms with Crippen LogP contribution in [-0.4, -0.2) is 31.7 Å². The lowest BCUT2D eigenvalue weighted by molar-refractivity contribution is -0.115. The number of hydrogen-bond acceptors (Lipinski definition) is 6. The first kappa shape index (κ1) is 18.9. The number of thiophene rings is 1. The molecule has 0 saturated heterocycles. The van der Waals surface area contributed by atoms with Crippen LogP contribution in [0.1, 0.15) is 43.1 Å². The van der Waals surface area contributed by atoms with Gasteiger partial charge in [0, 0.05) is 17.3 Å². The molecule has 1 aromatic carbocycles. The monoisotopic (exact) mass is 412 g/mol. The van der Waals surface area contributed by atoms with E-state index in [1.807, 2.05) is 24.4 Å². The lowest BCUT2D eigenvalue weighted by Gasteiger charge is -2.13. The number of carbonyl (C=O) groups excluding carboxylic acids is 2. The van der Waals surface area contributed by atoms with Crippen molar-refractivity contribution in [3.05, 3.63) is 47.3 Å². The van der Waals surface area contributed by atoms with E-state index in [2.05, 4.69) is 20.1 Å². The van der Waals surface area contributed by atoms with Crippen molar-refractivity contribution in [3.8, 4) is 10.7 Å². The third-order valence-electron chi connectivity index (χ3n) is 4.51. The van der Waals surface area contributed by atoms with Gasteiger partial charge < -0.3 is 5.32 Å². The average molecular weight is 413 g/mol. The molecule has 6 nitrogen and oxygen atoms in total. The first-order chi connectivity index (χ1) is 13.5. The summed E-state index contributed by atoms with van der Waals surface area (Å²) in [6, 6.07) is 11.4. The number of thioether (sulfide) groups is 1. The summed E-state index contributed by atoms with van der Waals surface area (Å²) in [6.07, 6.45) is 2.23. The Kier molecular flexibility index (Phi) is 5.32. The van der Waals surface area contributed by atoms with E-state index in [0.29, 0.717) is 17.3 Å². The van der Waals surface area contributed by atoms with E-state index in [1.165, 1.54) is 18.7 Å². The van der Waals surface area contributed by atoms with Crippen molar-refractivity contribution in [1.82, 2.24) is 14.8 Å². The molecule has 0 radical (unpaired) electrons. The van der Waals surface area contributed by atoms with Crippen molar-refractivity contribution < 1.29 is 9.59 Å². The summed E-state index contributed by atoms with van der Waals surface area (Å²) < 4.78 is 2.16. The van der Waals surface area contributed by atoms with Gasteiger partial charge in [0.15, 0.2) is 16.8 Å².